The lowest BCUT2D eigenvalue weighted by atomic mass is 10.0. The van der Waals surface area contributed by atoms with Crippen LogP contribution < -0.4 is 8.92 Å². The van der Waals surface area contributed by atoms with E-state index in [1.54, 1.807) is 0 Å². The number of ether oxygens (including phenoxy) is 1. The lowest BCUT2D eigenvalue weighted by molar-refractivity contribution is -0.0500. The minimum atomic E-state index is -5.85. The summed E-state index contributed by atoms with van der Waals surface area (Å²) in [4.78, 5) is 12.2. The van der Waals surface area contributed by atoms with Gasteiger partial charge in [-0.25, -0.2) is 0 Å². The molecule has 0 unspecified atom stereocenters. The van der Waals surface area contributed by atoms with Crippen LogP contribution in [0.3, 0.4) is 0 Å². The monoisotopic (exact) mass is 368 g/mol. The third-order valence-electron chi connectivity index (χ3n) is 3.23. The summed E-state index contributed by atoms with van der Waals surface area (Å²) >= 11 is 0. The van der Waals surface area contributed by atoms with Gasteiger partial charge in [0.05, 0.1) is 12.7 Å². The molecular formula is C15H19F3O5S. The Bertz CT molecular complexity index is 668. The fourth-order valence-corrected chi connectivity index (χ4v) is 2.42. The fourth-order valence-electron chi connectivity index (χ4n) is 1.94. The number of halogens is 3. The van der Waals surface area contributed by atoms with Crippen LogP contribution in [0.2, 0.25) is 0 Å². The second-order valence-electron chi connectivity index (χ2n) is 5.08. The van der Waals surface area contributed by atoms with Crippen LogP contribution in [0.25, 0.3) is 0 Å². The van der Waals surface area contributed by atoms with E-state index in [1.165, 1.54) is 19.2 Å². The van der Waals surface area contributed by atoms with Gasteiger partial charge in [-0.2, -0.15) is 21.6 Å². The Hall–Kier alpha value is -1.77. The van der Waals surface area contributed by atoms with Crippen molar-refractivity contribution < 1.29 is 35.3 Å². The van der Waals surface area contributed by atoms with Crippen molar-refractivity contribution in [3.63, 3.8) is 0 Å². The SMILES string of the molecule is CCCCCCC(=O)c1cc(OC)ccc1OS(=O)(=O)C(F)(F)F. The molecule has 5 nitrogen and oxygen atoms in total. The number of methoxy groups -OCH3 is 1. The van der Waals surface area contributed by atoms with Gasteiger partial charge in [-0.15, -0.1) is 0 Å². The Morgan fingerprint density at radius 3 is 2.38 bits per heavy atom. The van der Waals surface area contributed by atoms with E-state index in [9.17, 15) is 26.4 Å². The molecule has 0 atom stereocenters. The molecule has 24 heavy (non-hydrogen) atoms. The van der Waals surface area contributed by atoms with Crippen molar-refractivity contribution in [2.24, 2.45) is 0 Å². The van der Waals surface area contributed by atoms with Crippen molar-refractivity contribution >= 4 is 15.9 Å². The third-order valence-corrected chi connectivity index (χ3v) is 4.19. The predicted molar refractivity (Wildman–Crippen MR) is 81.7 cm³/mol. The number of carbonyl (C=O) groups is 1. The summed E-state index contributed by atoms with van der Waals surface area (Å²) in [5.41, 5.74) is -5.83. The minimum absolute atomic E-state index is 0.0790. The summed E-state index contributed by atoms with van der Waals surface area (Å²) in [6.07, 6.45) is 3.32. The van der Waals surface area contributed by atoms with Crippen LogP contribution in [0.1, 0.15) is 49.4 Å². The quantitative estimate of drug-likeness (QED) is 0.284. The van der Waals surface area contributed by atoms with Gasteiger partial charge in [0, 0.05) is 6.42 Å². The van der Waals surface area contributed by atoms with E-state index >= 15 is 0 Å². The van der Waals surface area contributed by atoms with Crippen LogP contribution in [0, 0.1) is 0 Å². The number of hydrogen-bond donors (Lipinski definition) is 0. The molecule has 0 aliphatic heterocycles. The summed E-state index contributed by atoms with van der Waals surface area (Å²) in [6, 6.07) is 3.36. The van der Waals surface area contributed by atoms with Crippen LogP contribution in [0.15, 0.2) is 18.2 Å². The van der Waals surface area contributed by atoms with Crippen molar-refractivity contribution in [2.45, 2.75) is 44.5 Å². The van der Waals surface area contributed by atoms with Crippen molar-refractivity contribution in [1.82, 2.24) is 0 Å². The molecule has 0 aliphatic rings. The molecule has 0 spiro atoms. The average Bonchev–Trinajstić information content (AvgIpc) is 2.50. The number of benzene rings is 1. The Morgan fingerprint density at radius 1 is 1.17 bits per heavy atom. The zero-order chi connectivity index (χ0) is 18.4. The van der Waals surface area contributed by atoms with E-state index in [0.717, 1.165) is 25.3 Å². The van der Waals surface area contributed by atoms with Gasteiger partial charge in [-0.1, -0.05) is 26.2 Å². The molecule has 0 radical (unpaired) electrons. The normalized spacial score (nSPS) is 12.0. The lowest BCUT2D eigenvalue weighted by Gasteiger charge is -2.13. The van der Waals surface area contributed by atoms with Crippen molar-refractivity contribution in [1.29, 1.82) is 0 Å². The summed E-state index contributed by atoms with van der Waals surface area (Å²) in [5.74, 6) is -0.949. The van der Waals surface area contributed by atoms with Gasteiger partial charge in [-0.05, 0) is 24.6 Å². The Kier molecular flexibility index (Phi) is 7.07. The molecule has 0 bridgehead atoms. The highest BCUT2D eigenvalue weighted by Crippen LogP contribution is 2.31. The standard InChI is InChI=1S/C15H19F3O5S/c1-3-4-5-6-7-13(19)12-10-11(22-2)8-9-14(12)23-24(20,21)15(16,17)18/h8-10H,3-7H2,1-2H3. The maximum absolute atomic E-state index is 12.5. The number of hydrogen-bond acceptors (Lipinski definition) is 5. The molecule has 1 aromatic carbocycles. The van der Waals surface area contributed by atoms with E-state index in [4.69, 9.17) is 4.74 Å². The highest BCUT2D eigenvalue weighted by molar-refractivity contribution is 7.88. The van der Waals surface area contributed by atoms with E-state index in [1.807, 2.05) is 6.92 Å². The molecule has 0 heterocycles. The molecule has 0 fully saturated rings. The Labute approximate surface area is 138 Å². The minimum Gasteiger partial charge on any atom is -0.497 e. The third kappa shape index (κ3) is 5.40. The number of unbranched alkanes of at least 4 members (excludes halogenated alkanes) is 3. The number of Topliss-reactive ketones (excluding diaryl/α,β-unsaturated/α-hetero) is 1. The smallest absolute Gasteiger partial charge is 0.497 e. The van der Waals surface area contributed by atoms with Crippen LogP contribution in [0.5, 0.6) is 11.5 Å². The van der Waals surface area contributed by atoms with Crippen LogP contribution in [-0.4, -0.2) is 26.8 Å². The fraction of sp³-hybridized carbons (Fsp3) is 0.533. The summed E-state index contributed by atoms with van der Waals surface area (Å²) in [7, 11) is -4.53. The van der Waals surface area contributed by atoms with Gasteiger partial charge in [-0.3, -0.25) is 4.79 Å². The topological polar surface area (TPSA) is 69.7 Å². The van der Waals surface area contributed by atoms with Crippen molar-refractivity contribution in [2.75, 3.05) is 7.11 Å². The molecule has 0 saturated carbocycles. The molecule has 136 valence electrons. The first-order valence-corrected chi connectivity index (χ1v) is 8.75. The van der Waals surface area contributed by atoms with Crippen LogP contribution in [-0.2, 0) is 10.1 Å². The zero-order valence-corrected chi connectivity index (χ0v) is 14.2. The largest absolute Gasteiger partial charge is 0.534 e. The highest BCUT2D eigenvalue weighted by Gasteiger charge is 2.49. The van der Waals surface area contributed by atoms with Gasteiger partial charge in [0.2, 0.25) is 0 Å². The molecular weight excluding hydrogens is 349 g/mol. The molecule has 0 aromatic heterocycles. The number of alkyl halides is 3. The maximum Gasteiger partial charge on any atom is 0.534 e. The first-order chi connectivity index (χ1) is 11.1. The second kappa shape index (κ2) is 8.36. The molecule has 1 aromatic rings. The summed E-state index contributed by atoms with van der Waals surface area (Å²) in [6.45, 7) is 2.00. The van der Waals surface area contributed by atoms with E-state index in [2.05, 4.69) is 4.18 Å². The van der Waals surface area contributed by atoms with E-state index < -0.39 is 27.2 Å². The van der Waals surface area contributed by atoms with Gasteiger partial charge in [0.1, 0.15) is 5.75 Å². The number of ketones is 1. The Balaban J connectivity index is 3.06. The molecule has 1 rings (SSSR count). The maximum atomic E-state index is 12.5. The summed E-state index contributed by atoms with van der Waals surface area (Å²) in [5, 5.41) is 0. The second-order valence-corrected chi connectivity index (χ2v) is 6.62. The van der Waals surface area contributed by atoms with Gasteiger partial charge in [0.25, 0.3) is 0 Å². The molecule has 0 aliphatic carbocycles. The van der Waals surface area contributed by atoms with Crippen molar-refractivity contribution in [3.05, 3.63) is 23.8 Å². The summed E-state index contributed by atoms with van der Waals surface area (Å²) < 4.78 is 68.7. The van der Waals surface area contributed by atoms with E-state index in [-0.39, 0.29) is 17.7 Å². The zero-order valence-electron chi connectivity index (χ0n) is 13.4. The van der Waals surface area contributed by atoms with Crippen LogP contribution >= 0.6 is 0 Å². The van der Waals surface area contributed by atoms with Gasteiger partial charge >= 0.3 is 15.6 Å². The van der Waals surface area contributed by atoms with Gasteiger partial charge in [0.15, 0.2) is 11.5 Å². The first-order valence-electron chi connectivity index (χ1n) is 7.34. The molecule has 9 heteroatoms. The van der Waals surface area contributed by atoms with E-state index in [0.29, 0.717) is 6.42 Å². The number of rotatable bonds is 9. The lowest BCUT2D eigenvalue weighted by Crippen LogP contribution is -2.28. The highest BCUT2D eigenvalue weighted by atomic mass is 32.2. The average molecular weight is 368 g/mol. The molecule has 0 saturated heterocycles. The predicted octanol–water partition coefficient (Wildman–Crippen LogP) is 4.08. The van der Waals surface area contributed by atoms with Crippen LogP contribution in [0.4, 0.5) is 13.2 Å². The first kappa shape index (κ1) is 20.3. The molecule has 0 amide bonds. The van der Waals surface area contributed by atoms with Crippen molar-refractivity contribution in [3.8, 4) is 11.5 Å². The van der Waals surface area contributed by atoms with Gasteiger partial charge < -0.3 is 8.92 Å². The molecule has 0 N–H and O–H groups in total. The number of carbonyl (C=O) groups excluding carboxylic acids is 1. The Morgan fingerprint density at radius 2 is 1.83 bits per heavy atom.